The Labute approximate surface area is 111 Å². The fourth-order valence-corrected chi connectivity index (χ4v) is 2.69. The summed E-state index contributed by atoms with van der Waals surface area (Å²) in [6.45, 7) is 5.94. The van der Waals surface area contributed by atoms with Gasteiger partial charge in [-0.1, -0.05) is 37.0 Å². The van der Waals surface area contributed by atoms with Gasteiger partial charge >= 0.3 is 0 Å². The molecule has 2 rings (SSSR count). The molecule has 0 unspecified atom stereocenters. The van der Waals surface area contributed by atoms with Gasteiger partial charge in [-0.15, -0.1) is 0 Å². The van der Waals surface area contributed by atoms with Gasteiger partial charge in [0.25, 0.3) is 0 Å². The van der Waals surface area contributed by atoms with E-state index in [1.807, 2.05) is 0 Å². The summed E-state index contributed by atoms with van der Waals surface area (Å²) in [4.78, 5) is 0. The van der Waals surface area contributed by atoms with Crippen LogP contribution in [0, 0.1) is 13.8 Å². The Morgan fingerprint density at radius 1 is 1.17 bits per heavy atom. The first-order valence-electron chi connectivity index (χ1n) is 7.19. The van der Waals surface area contributed by atoms with Crippen LogP contribution >= 0.6 is 0 Å². The van der Waals surface area contributed by atoms with Gasteiger partial charge in [-0.2, -0.15) is 0 Å². The number of benzene rings is 1. The van der Waals surface area contributed by atoms with Crippen LogP contribution in [0.15, 0.2) is 18.2 Å². The highest BCUT2D eigenvalue weighted by Gasteiger charge is 2.11. The molecule has 1 aromatic rings. The second kappa shape index (κ2) is 6.79. The topological polar surface area (TPSA) is 21.3 Å². The summed E-state index contributed by atoms with van der Waals surface area (Å²) in [5.41, 5.74) is 2.52. The van der Waals surface area contributed by atoms with Crippen LogP contribution in [0.5, 0.6) is 5.75 Å². The Kier molecular flexibility index (Phi) is 5.06. The molecule has 2 nitrogen and oxygen atoms in total. The quantitative estimate of drug-likeness (QED) is 0.803. The summed E-state index contributed by atoms with van der Waals surface area (Å²) in [6.07, 6.45) is 6.86. The van der Waals surface area contributed by atoms with Crippen molar-refractivity contribution in [3.8, 4) is 5.75 Å². The average molecular weight is 247 g/mol. The van der Waals surface area contributed by atoms with E-state index in [2.05, 4.69) is 37.4 Å². The number of ether oxygens (including phenoxy) is 1. The lowest BCUT2D eigenvalue weighted by atomic mass is 9.96. The number of nitrogens with one attached hydrogen (secondary N) is 1. The molecule has 0 bridgehead atoms. The first-order chi connectivity index (χ1) is 8.75. The van der Waals surface area contributed by atoms with Crippen molar-refractivity contribution >= 4 is 0 Å². The number of rotatable bonds is 5. The molecule has 0 amide bonds. The highest BCUT2D eigenvalue weighted by atomic mass is 16.5. The fourth-order valence-electron chi connectivity index (χ4n) is 2.69. The largest absolute Gasteiger partial charge is 0.492 e. The van der Waals surface area contributed by atoms with Crippen LogP contribution in [-0.4, -0.2) is 19.2 Å². The van der Waals surface area contributed by atoms with E-state index in [1.54, 1.807) is 0 Å². The molecule has 0 heterocycles. The van der Waals surface area contributed by atoms with Crippen molar-refractivity contribution in [1.29, 1.82) is 0 Å². The monoisotopic (exact) mass is 247 g/mol. The molecule has 1 fully saturated rings. The van der Waals surface area contributed by atoms with Crippen LogP contribution in [0.25, 0.3) is 0 Å². The van der Waals surface area contributed by atoms with Crippen molar-refractivity contribution in [3.05, 3.63) is 29.3 Å². The summed E-state index contributed by atoms with van der Waals surface area (Å²) < 4.78 is 5.82. The Bertz CT molecular complexity index is 369. The van der Waals surface area contributed by atoms with Crippen molar-refractivity contribution in [3.63, 3.8) is 0 Å². The van der Waals surface area contributed by atoms with Crippen LogP contribution < -0.4 is 10.1 Å². The van der Waals surface area contributed by atoms with E-state index in [0.717, 1.165) is 24.9 Å². The van der Waals surface area contributed by atoms with Crippen molar-refractivity contribution in [2.75, 3.05) is 13.2 Å². The molecule has 0 saturated heterocycles. The molecule has 2 heteroatoms. The maximum atomic E-state index is 5.82. The third kappa shape index (κ3) is 4.02. The van der Waals surface area contributed by atoms with Gasteiger partial charge in [0, 0.05) is 12.6 Å². The molecule has 0 radical (unpaired) electrons. The first-order valence-corrected chi connectivity index (χ1v) is 7.19. The fraction of sp³-hybridized carbons (Fsp3) is 0.625. The van der Waals surface area contributed by atoms with Gasteiger partial charge in [-0.3, -0.25) is 0 Å². The van der Waals surface area contributed by atoms with E-state index in [-0.39, 0.29) is 0 Å². The summed E-state index contributed by atoms with van der Waals surface area (Å²) in [5, 5.41) is 3.60. The Hall–Kier alpha value is -1.02. The summed E-state index contributed by atoms with van der Waals surface area (Å²) >= 11 is 0. The van der Waals surface area contributed by atoms with Crippen LogP contribution in [0.3, 0.4) is 0 Å². The molecule has 0 aromatic heterocycles. The highest BCUT2D eigenvalue weighted by Crippen LogP contribution is 2.19. The van der Waals surface area contributed by atoms with E-state index in [0.29, 0.717) is 0 Å². The van der Waals surface area contributed by atoms with E-state index in [4.69, 9.17) is 4.74 Å². The molecule has 100 valence electrons. The third-order valence-corrected chi connectivity index (χ3v) is 3.73. The zero-order chi connectivity index (χ0) is 12.8. The molecule has 18 heavy (non-hydrogen) atoms. The van der Waals surface area contributed by atoms with Gasteiger partial charge < -0.3 is 10.1 Å². The zero-order valence-corrected chi connectivity index (χ0v) is 11.7. The zero-order valence-electron chi connectivity index (χ0n) is 11.7. The molecule has 1 N–H and O–H groups in total. The van der Waals surface area contributed by atoms with Gasteiger partial charge in [0.05, 0.1) is 0 Å². The van der Waals surface area contributed by atoms with Crippen LogP contribution in [0.1, 0.15) is 43.2 Å². The SMILES string of the molecule is Cc1ccc(OCCNC2CCCCC2)c(C)c1. The van der Waals surface area contributed by atoms with Crippen molar-refractivity contribution in [1.82, 2.24) is 5.32 Å². The number of aryl methyl sites for hydroxylation is 2. The molecular weight excluding hydrogens is 222 g/mol. The molecule has 0 aliphatic heterocycles. The van der Waals surface area contributed by atoms with Crippen LogP contribution in [0.2, 0.25) is 0 Å². The standard InChI is InChI=1S/C16H25NO/c1-13-8-9-16(14(2)12-13)18-11-10-17-15-6-4-3-5-7-15/h8-9,12,15,17H,3-7,10-11H2,1-2H3. The summed E-state index contributed by atoms with van der Waals surface area (Å²) in [5.74, 6) is 1.02. The lowest BCUT2D eigenvalue weighted by molar-refractivity contribution is 0.288. The minimum Gasteiger partial charge on any atom is -0.492 e. The maximum Gasteiger partial charge on any atom is 0.122 e. The minimum atomic E-state index is 0.724. The molecule has 1 aliphatic rings. The predicted molar refractivity (Wildman–Crippen MR) is 76.3 cm³/mol. The molecule has 1 saturated carbocycles. The van der Waals surface area contributed by atoms with Crippen LogP contribution in [0.4, 0.5) is 0 Å². The first kappa shape index (κ1) is 13.4. The average Bonchev–Trinajstić information content (AvgIpc) is 2.38. The van der Waals surface area contributed by atoms with E-state index in [1.165, 1.54) is 43.2 Å². The van der Waals surface area contributed by atoms with Gasteiger partial charge in [0.15, 0.2) is 0 Å². The maximum absolute atomic E-state index is 5.82. The second-order valence-corrected chi connectivity index (χ2v) is 5.41. The normalized spacial score (nSPS) is 16.8. The second-order valence-electron chi connectivity index (χ2n) is 5.41. The van der Waals surface area contributed by atoms with Gasteiger partial charge in [0.2, 0.25) is 0 Å². The van der Waals surface area contributed by atoms with Crippen molar-refractivity contribution < 1.29 is 4.74 Å². The predicted octanol–water partition coefficient (Wildman–Crippen LogP) is 3.60. The third-order valence-electron chi connectivity index (χ3n) is 3.73. The lowest BCUT2D eigenvalue weighted by Crippen LogP contribution is -2.34. The Morgan fingerprint density at radius 3 is 2.67 bits per heavy atom. The van der Waals surface area contributed by atoms with Crippen LogP contribution in [-0.2, 0) is 0 Å². The molecular formula is C16H25NO. The molecule has 0 atom stereocenters. The van der Waals surface area contributed by atoms with Gasteiger partial charge in [0.1, 0.15) is 12.4 Å². The smallest absolute Gasteiger partial charge is 0.122 e. The highest BCUT2D eigenvalue weighted by molar-refractivity contribution is 5.35. The Morgan fingerprint density at radius 2 is 1.94 bits per heavy atom. The Balaban J connectivity index is 1.68. The summed E-state index contributed by atoms with van der Waals surface area (Å²) in [7, 11) is 0. The molecule has 0 spiro atoms. The van der Waals surface area contributed by atoms with E-state index < -0.39 is 0 Å². The number of hydrogen-bond acceptors (Lipinski definition) is 2. The lowest BCUT2D eigenvalue weighted by Gasteiger charge is -2.22. The van der Waals surface area contributed by atoms with Crippen molar-refractivity contribution in [2.45, 2.75) is 52.0 Å². The van der Waals surface area contributed by atoms with Gasteiger partial charge in [-0.05, 0) is 38.3 Å². The van der Waals surface area contributed by atoms with E-state index >= 15 is 0 Å². The number of hydrogen-bond donors (Lipinski definition) is 1. The van der Waals surface area contributed by atoms with Gasteiger partial charge in [-0.25, -0.2) is 0 Å². The molecule has 1 aliphatic carbocycles. The van der Waals surface area contributed by atoms with E-state index in [9.17, 15) is 0 Å². The summed E-state index contributed by atoms with van der Waals surface area (Å²) in [6, 6.07) is 7.08. The molecule has 1 aromatic carbocycles. The van der Waals surface area contributed by atoms with Crippen molar-refractivity contribution in [2.24, 2.45) is 0 Å². The minimum absolute atomic E-state index is 0.724.